The quantitative estimate of drug-likeness (QED) is 0.613. The number of aromatic nitrogens is 4. The lowest BCUT2D eigenvalue weighted by Gasteiger charge is -2.27. The molecule has 0 unspecified atom stereocenters. The van der Waals surface area contributed by atoms with Crippen molar-refractivity contribution in [2.45, 2.75) is 58.9 Å². The van der Waals surface area contributed by atoms with Crippen molar-refractivity contribution in [3.63, 3.8) is 0 Å². The summed E-state index contributed by atoms with van der Waals surface area (Å²) in [4.78, 5) is 44.3. The molecule has 0 spiro atoms. The van der Waals surface area contributed by atoms with E-state index in [0.29, 0.717) is 29.3 Å². The Labute approximate surface area is 193 Å². The summed E-state index contributed by atoms with van der Waals surface area (Å²) >= 11 is 0. The van der Waals surface area contributed by atoms with Crippen LogP contribution in [-0.4, -0.2) is 60.6 Å². The first kappa shape index (κ1) is 21.6. The Morgan fingerprint density at radius 3 is 2.48 bits per heavy atom. The number of rotatable bonds is 3. The molecule has 0 bridgehead atoms. The van der Waals surface area contributed by atoms with E-state index in [2.05, 4.69) is 9.97 Å². The topological polar surface area (TPSA) is 83.7 Å². The molecule has 0 aromatic carbocycles. The molecule has 0 N–H and O–H groups in total. The van der Waals surface area contributed by atoms with Gasteiger partial charge in [-0.05, 0) is 64.5 Å². The summed E-state index contributed by atoms with van der Waals surface area (Å²) in [6, 6.07) is 3.73. The van der Waals surface area contributed by atoms with E-state index in [1.807, 2.05) is 53.3 Å². The van der Waals surface area contributed by atoms with Gasteiger partial charge in [0.1, 0.15) is 11.3 Å². The standard InChI is InChI=1S/C25H30N6O2/c1-16-9-7-14-31-21(18(3)28-23(16)31)25(33)30-13-8-10-20(30)22-26-15-19(17(2)27-22)24(32)29-11-5-4-6-12-29/h7,9,14-15,20H,4-6,8,10-13H2,1-3H3/t20-/m1/s1. The molecule has 3 aromatic heterocycles. The number of pyridine rings is 1. The van der Waals surface area contributed by atoms with Crippen molar-refractivity contribution < 1.29 is 9.59 Å². The number of imidazole rings is 1. The van der Waals surface area contributed by atoms with Gasteiger partial charge in [-0.2, -0.15) is 0 Å². The van der Waals surface area contributed by atoms with Crippen LogP contribution in [0.2, 0.25) is 0 Å². The van der Waals surface area contributed by atoms with Gasteiger partial charge in [0, 0.05) is 32.0 Å². The molecule has 8 nitrogen and oxygen atoms in total. The highest BCUT2D eigenvalue weighted by Gasteiger charge is 2.35. The summed E-state index contributed by atoms with van der Waals surface area (Å²) in [5, 5.41) is 0. The summed E-state index contributed by atoms with van der Waals surface area (Å²) in [5.41, 5.74) is 4.39. The molecule has 172 valence electrons. The molecule has 2 amide bonds. The van der Waals surface area contributed by atoms with Gasteiger partial charge in [-0.1, -0.05) is 6.07 Å². The van der Waals surface area contributed by atoms with Crippen LogP contribution < -0.4 is 0 Å². The lowest BCUT2D eigenvalue weighted by Crippen LogP contribution is -2.36. The number of carbonyl (C=O) groups is 2. The van der Waals surface area contributed by atoms with Crippen LogP contribution in [-0.2, 0) is 0 Å². The fourth-order valence-electron chi connectivity index (χ4n) is 5.11. The van der Waals surface area contributed by atoms with Gasteiger partial charge in [-0.15, -0.1) is 0 Å². The normalized spacial score (nSPS) is 18.8. The number of nitrogens with zero attached hydrogens (tertiary/aromatic N) is 6. The van der Waals surface area contributed by atoms with Crippen molar-refractivity contribution in [3.05, 3.63) is 58.6 Å². The number of hydrogen-bond acceptors (Lipinski definition) is 5. The number of carbonyl (C=O) groups excluding carboxylic acids is 2. The molecule has 3 aromatic rings. The summed E-state index contributed by atoms with van der Waals surface area (Å²) in [5.74, 6) is 0.564. The summed E-state index contributed by atoms with van der Waals surface area (Å²) in [7, 11) is 0. The number of hydrogen-bond donors (Lipinski definition) is 0. The Bertz CT molecular complexity index is 1230. The summed E-state index contributed by atoms with van der Waals surface area (Å²) in [6.07, 6.45) is 8.51. The van der Waals surface area contributed by atoms with Crippen LogP contribution in [0.5, 0.6) is 0 Å². The van der Waals surface area contributed by atoms with Crippen molar-refractivity contribution in [1.29, 1.82) is 0 Å². The van der Waals surface area contributed by atoms with Crippen LogP contribution in [0.15, 0.2) is 24.5 Å². The lowest BCUT2D eigenvalue weighted by molar-refractivity contribution is 0.0708. The Balaban J connectivity index is 1.43. The monoisotopic (exact) mass is 446 g/mol. The zero-order chi connectivity index (χ0) is 23.1. The van der Waals surface area contributed by atoms with Gasteiger partial charge >= 0.3 is 0 Å². The first-order valence-corrected chi connectivity index (χ1v) is 11.8. The predicted molar refractivity (Wildman–Crippen MR) is 124 cm³/mol. The summed E-state index contributed by atoms with van der Waals surface area (Å²) in [6.45, 7) is 7.98. The third kappa shape index (κ3) is 3.77. The number of fused-ring (bicyclic) bond motifs is 1. The fourth-order valence-corrected chi connectivity index (χ4v) is 5.11. The minimum Gasteiger partial charge on any atom is -0.339 e. The molecule has 0 radical (unpaired) electrons. The molecule has 5 heterocycles. The van der Waals surface area contributed by atoms with E-state index >= 15 is 0 Å². The Morgan fingerprint density at radius 2 is 1.73 bits per heavy atom. The summed E-state index contributed by atoms with van der Waals surface area (Å²) < 4.78 is 1.88. The minimum absolute atomic E-state index is 0.00910. The SMILES string of the molecule is Cc1nc([C@H]2CCCN2C(=O)c2c(C)nc3c(C)cccn23)ncc1C(=O)N1CCCCC1. The molecular weight excluding hydrogens is 416 g/mol. The highest BCUT2D eigenvalue weighted by Crippen LogP contribution is 2.32. The molecule has 1 atom stereocenters. The van der Waals surface area contributed by atoms with E-state index in [9.17, 15) is 9.59 Å². The second kappa shape index (κ2) is 8.57. The second-order valence-electron chi connectivity index (χ2n) is 9.17. The van der Waals surface area contributed by atoms with Gasteiger partial charge in [0.25, 0.3) is 11.8 Å². The zero-order valence-electron chi connectivity index (χ0n) is 19.5. The maximum atomic E-state index is 13.7. The van der Waals surface area contributed by atoms with E-state index in [1.165, 1.54) is 6.42 Å². The van der Waals surface area contributed by atoms with Crippen molar-refractivity contribution in [2.75, 3.05) is 19.6 Å². The van der Waals surface area contributed by atoms with Crippen molar-refractivity contribution in [1.82, 2.24) is 29.2 Å². The molecule has 0 aliphatic carbocycles. The van der Waals surface area contributed by atoms with Gasteiger partial charge < -0.3 is 9.80 Å². The van der Waals surface area contributed by atoms with Crippen molar-refractivity contribution >= 4 is 17.5 Å². The Hall–Kier alpha value is -3.29. The molecule has 2 fully saturated rings. The third-order valence-corrected chi connectivity index (χ3v) is 6.91. The maximum absolute atomic E-state index is 13.7. The second-order valence-corrected chi connectivity index (χ2v) is 9.17. The predicted octanol–water partition coefficient (Wildman–Crippen LogP) is 3.65. The third-order valence-electron chi connectivity index (χ3n) is 6.91. The fraction of sp³-hybridized carbons (Fsp3) is 0.480. The zero-order valence-corrected chi connectivity index (χ0v) is 19.5. The van der Waals surface area contributed by atoms with Gasteiger partial charge in [0.2, 0.25) is 0 Å². The van der Waals surface area contributed by atoms with Crippen LogP contribution in [0.25, 0.3) is 5.65 Å². The molecule has 5 rings (SSSR count). The van der Waals surface area contributed by atoms with Gasteiger partial charge in [-0.3, -0.25) is 14.0 Å². The van der Waals surface area contributed by atoms with Crippen LogP contribution in [0.3, 0.4) is 0 Å². The van der Waals surface area contributed by atoms with E-state index in [4.69, 9.17) is 4.98 Å². The van der Waals surface area contributed by atoms with E-state index in [-0.39, 0.29) is 17.9 Å². The minimum atomic E-state index is -0.204. The number of piperidine rings is 1. The number of likely N-dealkylation sites (tertiary alicyclic amines) is 2. The Kier molecular flexibility index (Phi) is 5.60. The van der Waals surface area contributed by atoms with E-state index in [0.717, 1.165) is 55.7 Å². The number of aryl methyl sites for hydroxylation is 3. The highest BCUT2D eigenvalue weighted by atomic mass is 16.2. The first-order chi connectivity index (χ1) is 16.0. The average molecular weight is 447 g/mol. The molecule has 8 heteroatoms. The van der Waals surface area contributed by atoms with Crippen molar-refractivity contribution in [2.24, 2.45) is 0 Å². The van der Waals surface area contributed by atoms with Gasteiger partial charge in [0.15, 0.2) is 5.82 Å². The molecule has 0 saturated carbocycles. The average Bonchev–Trinajstić information content (AvgIpc) is 3.44. The van der Waals surface area contributed by atoms with E-state index < -0.39 is 0 Å². The molecule has 2 aliphatic rings. The lowest BCUT2D eigenvalue weighted by atomic mass is 10.1. The molecule has 2 aliphatic heterocycles. The first-order valence-electron chi connectivity index (χ1n) is 11.8. The van der Waals surface area contributed by atoms with Crippen LogP contribution >= 0.6 is 0 Å². The van der Waals surface area contributed by atoms with E-state index in [1.54, 1.807) is 6.20 Å². The molecular formula is C25H30N6O2. The van der Waals surface area contributed by atoms with Crippen LogP contribution in [0.1, 0.15) is 81.8 Å². The maximum Gasteiger partial charge on any atom is 0.273 e. The smallest absolute Gasteiger partial charge is 0.273 e. The Morgan fingerprint density at radius 1 is 0.939 bits per heavy atom. The number of amides is 2. The largest absolute Gasteiger partial charge is 0.339 e. The molecule has 2 saturated heterocycles. The highest BCUT2D eigenvalue weighted by molar-refractivity contribution is 5.96. The molecule has 33 heavy (non-hydrogen) atoms. The van der Waals surface area contributed by atoms with Gasteiger partial charge in [0.05, 0.1) is 23.0 Å². The van der Waals surface area contributed by atoms with Crippen LogP contribution in [0, 0.1) is 20.8 Å². The van der Waals surface area contributed by atoms with Gasteiger partial charge in [-0.25, -0.2) is 15.0 Å². The van der Waals surface area contributed by atoms with Crippen LogP contribution in [0.4, 0.5) is 0 Å². The van der Waals surface area contributed by atoms with Crippen molar-refractivity contribution in [3.8, 4) is 0 Å².